The Kier molecular flexibility index (Phi) is 6.23. The minimum Gasteiger partial charge on any atom is -0.384 e. The van der Waals surface area contributed by atoms with Crippen LogP contribution in [0.2, 0.25) is 0 Å². The molecular formula is C12H23ClN2O2. The number of carbonyl (C=O) groups excluding carboxylic acids is 1. The second kappa shape index (κ2) is 7.19. The van der Waals surface area contributed by atoms with Gasteiger partial charge in [-0.05, 0) is 25.8 Å². The molecule has 2 aliphatic heterocycles. The average molecular weight is 263 g/mol. The van der Waals surface area contributed by atoms with Gasteiger partial charge in [-0.15, -0.1) is 12.4 Å². The molecule has 0 saturated carbocycles. The van der Waals surface area contributed by atoms with Crippen LogP contribution < -0.4 is 5.32 Å². The van der Waals surface area contributed by atoms with Crippen LogP contribution in [0.15, 0.2) is 0 Å². The number of hydrogen-bond donors (Lipinski definition) is 1. The molecule has 0 radical (unpaired) electrons. The normalized spacial score (nSPS) is 28.9. The quantitative estimate of drug-likeness (QED) is 0.822. The highest BCUT2D eigenvalue weighted by molar-refractivity contribution is 5.85. The number of piperidine rings is 1. The van der Waals surface area contributed by atoms with Gasteiger partial charge in [0.05, 0.1) is 12.5 Å². The summed E-state index contributed by atoms with van der Waals surface area (Å²) in [5, 5.41) is 3.30. The molecule has 0 aromatic rings. The fourth-order valence-electron chi connectivity index (χ4n) is 2.73. The summed E-state index contributed by atoms with van der Waals surface area (Å²) in [7, 11) is 1.73. The van der Waals surface area contributed by atoms with Gasteiger partial charge >= 0.3 is 0 Å². The lowest BCUT2D eigenvalue weighted by molar-refractivity contribution is -0.135. The van der Waals surface area contributed by atoms with E-state index in [0.717, 1.165) is 52.0 Å². The molecule has 0 spiro atoms. The van der Waals surface area contributed by atoms with Crippen LogP contribution in [0.3, 0.4) is 0 Å². The number of halogens is 1. The van der Waals surface area contributed by atoms with Crippen LogP contribution in [0, 0.1) is 11.8 Å². The van der Waals surface area contributed by atoms with Gasteiger partial charge in [-0.1, -0.05) is 0 Å². The van der Waals surface area contributed by atoms with Crippen molar-refractivity contribution in [1.29, 1.82) is 0 Å². The number of methoxy groups -OCH3 is 1. The van der Waals surface area contributed by atoms with Crippen LogP contribution in [0.1, 0.15) is 19.3 Å². The number of likely N-dealkylation sites (tertiary alicyclic amines) is 1. The average Bonchev–Trinajstić information content (AvgIpc) is 2.78. The highest BCUT2D eigenvalue weighted by Crippen LogP contribution is 2.21. The molecular weight excluding hydrogens is 240 g/mol. The monoisotopic (exact) mass is 262 g/mol. The standard InChI is InChI=1S/C12H22N2O2.ClH/c1-16-9-10-4-6-14(8-10)12(15)11-3-2-5-13-7-11;/h10-11,13H,2-9H2,1H3;1H. The minimum atomic E-state index is 0. The number of nitrogens with zero attached hydrogens (tertiary/aromatic N) is 1. The largest absolute Gasteiger partial charge is 0.384 e. The Balaban J connectivity index is 0.00000144. The molecule has 1 N–H and O–H groups in total. The maximum atomic E-state index is 12.2. The van der Waals surface area contributed by atoms with Crippen LogP contribution in [0.25, 0.3) is 0 Å². The van der Waals surface area contributed by atoms with Crippen molar-refractivity contribution in [1.82, 2.24) is 10.2 Å². The molecule has 0 aromatic heterocycles. The molecule has 0 bridgehead atoms. The van der Waals surface area contributed by atoms with Crippen molar-refractivity contribution in [3.05, 3.63) is 0 Å². The number of rotatable bonds is 3. The maximum Gasteiger partial charge on any atom is 0.226 e. The molecule has 4 nitrogen and oxygen atoms in total. The molecule has 2 unspecified atom stereocenters. The Hall–Kier alpha value is -0.320. The second-order valence-electron chi connectivity index (χ2n) is 4.94. The minimum absolute atomic E-state index is 0. The first-order valence-corrected chi connectivity index (χ1v) is 6.29. The van der Waals surface area contributed by atoms with Crippen molar-refractivity contribution in [3.63, 3.8) is 0 Å². The first-order chi connectivity index (χ1) is 7.81. The predicted molar refractivity (Wildman–Crippen MR) is 69.4 cm³/mol. The molecule has 1 amide bonds. The van der Waals surface area contributed by atoms with Gasteiger partial charge in [-0.2, -0.15) is 0 Å². The Bertz CT molecular complexity index is 245. The van der Waals surface area contributed by atoms with E-state index in [1.165, 1.54) is 0 Å². The zero-order valence-electron chi connectivity index (χ0n) is 10.5. The molecule has 0 aromatic carbocycles. The van der Waals surface area contributed by atoms with Gasteiger partial charge in [-0.25, -0.2) is 0 Å². The second-order valence-corrected chi connectivity index (χ2v) is 4.94. The van der Waals surface area contributed by atoms with E-state index < -0.39 is 0 Å². The van der Waals surface area contributed by atoms with E-state index in [1.54, 1.807) is 7.11 Å². The molecule has 2 aliphatic rings. The van der Waals surface area contributed by atoms with Gasteiger partial charge in [0.15, 0.2) is 0 Å². The van der Waals surface area contributed by atoms with Gasteiger partial charge in [0.25, 0.3) is 0 Å². The van der Waals surface area contributed by atoms with Crippen molar-refractivity contribution >= 4 is 18.3 Å². The highest BCUT2D eigenvalue weighted by atomic mass is 35.5. The summed E-state index contributed by atoms with van der Waals surface area (Å²) >= 11 is 0. The first-order valence-electron chi connectivity index (χ1n) is 6.29. The molecule has 0 aliphatic carbocycles. The van der Waals surface area contributed by atoms with Gasteiger partial charge in [0, 0.05) is 32.7 Å². The zero-order chi connectivity index (χ0) is 11.4. The Morgan fingerprint density at radius 1 is 1.47 bits per heavy atom. The van der Waals surface area contributed by atoms with E-state index in [0.29, 0.717) is 11.8 Å². The number of nitrogens with one attached hydrogen (secondary N) is 1. The third-order valence-electron chi connectivity index (χ3n) is 3.65. The summed E-state index contributed by atoms with van der Waals surface area (Å²) < 4.78 is 5.15. The van der Waals surface area contributed by atoms with E-state index in [2.05, 4.69) is 5.32 Å². The number of hydrogen-bond acceptors (Lipinski definition) is 3. The predicted octanol–water partition coefficient (Wildman–Crippen LogP) is 0.903. The third-order valence-corrected chi connectivity index (χ3v) is 3.65. The van der Waals surface area contributed by atoms with E-state index >= 15 is 0 Å². The Morgan fingerprint density at radius 3 is 2.94 bits per heavy atom. The zero-order valence-corrected chi connectivity index (χ0v) is 11.3. The smallest absolute Gasteiger partial charge is 0.226 e. The van der Waals surface area contributed by atoms with Crippen molar-refractivity contribution in [2.24, 2.45) is 11.8 Å². The molecule has 2 heterocycles. The lowest BCUT2D eigenvalue weighted by Gasteiger charge is -2.26. The van der Waals surface area contributed by atoms with Crippen molar-refractivity contribution in [2.75, 3.05) is 39.9 Å². The van der Waals surface area contributed by atoms with E-state index in [4.69, 9.17) is 4.74 Å². The molecule has 2 rings (SSSR count). The molecule has 100 valence electrons. The van der Waals surface area contributed by atoms with Crippen molar-refractivity contribution < 1.29 is 9.53 Å². The van der Waals surface area contributed by atoms with Crippen LogP contribution in [0.5, 0.6) is 0 Å². The molecule has 17 heavy (non-hydrogen) atoms. The van der Waals surface area contributed by atoms with Gasteiger partial charge < -0.3 is 15.0 Å². The van der Waals surface area contributed by atoms with E-state index in [9.17, 15) is 4.79 Å². The molecule has 2 saturated heterocycles. The summed E-state index contributed by atoms with van der Waals surface area (Å²) in [6, 6.07) is 0. The number of carbonyl (C=O) groups is 1. The van der Waals surface area contributed by atoms with E-state index in [1.807, 2.05) is 4.90 Å². The summed E-state index contributed by atoms with van der Waals surface area (Å²) in [5.74, 6) is 1.12. The SMILES string of the molecule is COCC1CCN(C(=O)C2CCCNC2)C1.Cl. The molecule has 2 atom stereocenters. The van der Waals surface area contributed by atoms with Crippen molar-refractivity contribution in [3.8, 4) is 0 Å². The fourth-order valence-corrected chi connectivity index (χ4v) is 2.73. The summed E-state index contributed by atoms with van der Waals surface area (Å²) in [4.78, 5) is 14.2. The topological polar surface area (TPSA) is 41.6 Å². The first kappa shape index (κ1) is 14.7. The number of amides is 1. The lowest BCUT2D eigenvalue weighted by atomic mass is 9.98. The molecule has 5 heteroatoms. The van der Waals surface area contributed by atoms with Crippen LogP contribution in [-0.4, -0.2) is 50.7 Å². The van der Waals surface area contributed by atoms with Crippen molar-refractivity contribution in [2.45, 2.75) is 19.3 Å². The van der Waals surface area contributed by atoms with Gasteiger partial charge in [0.2, 0.25) is 5.91 Å². The summed E-state index contributed by atoms with van der Waals surface area (Å²) in [6.07, 6.45) is 3.28. The van der Waals surface area contributed by atoms with Crippen LogP contribution in [0.4, 0.5) is 0 Å². The maximum absolute atomic E-state index is 12.2. The molecule has 2 fully saturated rings. The Morgan fingerprint density at radius 2 is 2.29 bits per heavy atom. The summed E-state index contributed by atoms with van der Waals surface area (Å²) in [5.41, 5.74) is 0. The van der Waals surface area contributed by atoms with Crippen LogP contribution in [-0.2, 0) is 9.53 Å². The highest BCUT2D eigenvalue weighted by Gasteiger charge is 2.31. The fraction of sp³-hybridized carbons (Fsp3) is 0.917. The summed E-state index contributed by atoms with van der Waals surface area (Å²) in [6.45, 7) is 4.53. The number of ether oxygens (including phenoxy) is 1. The van der Waals surface area contributed by atoms with Crippen LogP contribution >= 0.6 is 12.4 Å². The lowest BCUT2D eigenvalue weighted by Crippen LogP contribution is -2.42. The van der Waals surface area contributed by atoms with E-state index in [-0.39, 0.29) is 18.3 Å². The van der Waals surface area contributed by atoms with Gasteiger partial charge in [0.1, 0.15) is 0 Å². The third kappa shape index (κ3) is 3.83. The van der Waals surface area contributed by atoms with Gasteiger partial charge in [-0.3, -0.25) is 4.79 Å². The Labute approximate surface area is 109 Å².